The van der Waals surface area contributed by atoms with Crippen molar-refractivity contribution in [2.24, 2.45) is 5.73 Å². The van der Waals surface area contributed by atoms with Gasteiger partial charge >= 0.3 is 0 Å². The fourth-order valence-electron chi connectivity index (χ4n) is 1.26. The summed E-state index contributed by atoms with van der Waals surface area (Å²) in [6.45, 7) is -0.859. The molecule has 0 aliphatic rings. The Labute approximate surface area is 81.4 Å². The highest BCUT2D eigenvalue weighted by Gasteiger charge is 2.15. The maximum atomic E-state index is 13.1. The van der Waals surface area contributed by atoms with Crippen molar-refractivity contribution in [3.05, 3.63) is 35.6 Å². The van der Waals surface area contributed by atoms with Crippen LogP contribution in [0.15, 0.2) is 24.3 Å². The third-order valence-corrected chi connectivity index (χ3v) is 2.01. The first-order valence-corrected chi connectivity index (χ1v) is 4.39. The van der Waals surface area contributed by atoms with E-state index in [0.29, 0.717) is 5.56 Å². The van der Waals surface area contributed by atoms with E-state index in [2.05, 4.69) is 0 Å². The van der Waals surface area contributed by atoms with Gasteiger partial charge in [0.05, 0.1) is 6.10 Å². The summed E-state index contributed by atoms with van der Waals surface area (Å²) in [5.41, 5.74) is 5.91. The minimum atomic E-state index is -1.12. The van der Waals surface area contributed by atoms with Gasteiger partial charge in [0, 0.05) is 11.6 Å². The summed E-state index contributed by atoms with van der Waals surface area (Å²) in [7, 11) is 0. The lowest BCUT2D eigenvalue weighted by atomic mass is 10.0. The summed E-state index contributed by atoms with van der Waals surface area (Å²) in [6, 6.07) is 5.36. The normalized spacial score (nSPS) is 15.1. The third kappa shape index (κ3) is 2.75. The van der Waals surface area contributed by atoms with Crippen LogP contribution >= 0.6 is 0 Å². The van der Waals surface area contributed by atoms with Crippen LogP contribution in [0, 0.1) is 5.82 Å². The van der Waals surface area contributed by atoms with Gasteiger partial charge in [-0.3, -0.25) is 0 Å². The molecular weight excluding hydrogens is 188 g/mol. The average Bonchev–Trinajstić information content (AvgIpc) is 2.18. The predicted octanol–water partition coefficient (Wildman–Crippen LogP) is 1.55. The molecule has 0 aliphatic carbocycles. The van der Waals surface area contributed by atoms with Gasteiger partial charge in [-0.05, 0) is 12.5 Å². The number of nitrogens with two attached hydrogens (primary N) is 1. The minimum Gasteiger partial charge on any atom is -0.390 e. The van der Waals surface area contributed by atoms with Crippen LogP contribution < -0.4 is 5.73 Å². The van der Waals surface area contributed by atoms with Crippen LogP contribution in [0.1, 0.15) is 18.0 Å². The number of rotatable bonds is 4. The zero-order chi connectivity index (χ0) is 10.6. The Morgan fingerprint density at radius 2 is 2.00 bits per heavy atom. The van der Waals surface area contributed by atoms with Crippen molar-refractivity contribution >= 4 is 0 Å². The van der Waals surface area contributed by atoms with Gasteiger partial charge in [0.1, 0.15) is 12.5 Å². The monoisotopic (exact) mass is 201 g/mol. The lowest BCUT2D eigenvalue weighted by Gasteiger charge is -2.14. The van der Waals surface area contributed by atoms with Crippen LogP contribution in [0.25, 0.3) is 0 Å². The molecule has 2 nitrogen and oxygen atoms in total. The van der Waals surface area contributed by atoms with Crippen LogP contribution in [0.3, 0.4) is 0 Å². The summed E-state index contributed by atoms with van der Waals surface area (Å²) in [6.07, 6.45) is -1.10. The van der Waals surface area contributed by atoms with Crippen molar-refractivity contribution in [3.63, 3.8) is 0 Å². The van der Waals surface area contributed by atoms with Crippen LogP contribution in [0.5, 0.6) is 0 Å². The quantitative estimate of drug-likeness (QED) is 0.776. The second-order valence-electron chi connectivity index (χ2n) is 3.17. The fourth-order valence-corrected chi connectivity index (χ4v) is 1.26. The smallest absolute Gasteiger partial charge is 0.127 e. The summed E-state index contributed by atoms with van der Waals surface area (Å²) in [5.74, 6) is -0.425. The van der Waals surface area contributed by atoms with E-state index in [4.69, 9.17) is 10.8 Å². The Balaban J connectivity index is 2.69. The van der Waals surface area contributed by atoms with E-state index in [1.807, 2.05) is 0 Å². The Bertz CT molecular complexity index is 293. The first-order chi connectivity index (χ1) is 6.65. The second-order valence-corrected chi connectivity index (χ2v) is 3.17. The maximum absolute atomic E-state index is 13.1. The largest absolute Gasteiger partial charge is 0.390 e. The molecule has 4 heteroatoms. The number of hydrogen-bond acceptors (Lipinski definition) is 2. The second kappa shape index (κ2) is 5.02. The summed E-state index contributed by atoms with van der Waals surface area (Å²) in [4.78, 5) is 0. The van der Waals surface area contributed by atoms with Gasteiger partial charge in [0.15, 0.2) is 0 Å². The van der Waals surface area contributed by atoms with Crippen molar-refractivity contribution in [2.75, 3.05) is 6.67 Å². The molecule has 2 atom stereocenters. The Morgan fingerprint density at radius 3 is 2.57 bits per heavy atom. The number of halogens is 2. The van der Waals surface area contributed by atoms with E-state index in [1.54, 1.807) is 12.1 Å². The molecule has 0 heterocycles. The molecule has 0 spiro atoms. The molecule has 3 N–H and O–H groups in total. The van der Waals surface area contributed by atoms with Gasteiger partial charge in [-0.2, -0.15) is 0 Å². The van der Waals surface area contributed by atoms with Gasteiger partial charge < -0.3 is 10.8 Å². The fraction of sp³-hybridized carbons (Fsp3) is 0.400. The number of benzene rings is 1. The van der Waals surface area contributed by atoms with E-state index in [-0.39, 0.29) is 6.42 Å². The van der Waals surface area contributed by atoms with Crippen molar-refractivity contribution in [2.45, 2.75) is 18.6 Å². The van der Waals surface area contributed by atoms with E-state index in [0.717, 1.165) is 0 Å². The average molecular weight is 201 g/mol. The van der Waals surface area contributed by atoms with Crippen LogP contribution in [-0.2, 0) is 0 Å². The first-order valence-electron chi connectivity index (χ1n) is 4.39. The molecule has 2 unspecified atom stereocenters. The van der Waals surface area contributed by atoms with Crippen LogP contribution in [0.2, 0.25) is 0 Å². The Kier molecular flexibility index (Phi) is 3.98. The molecule has 0 radical (unpaired) electrons. The molecule has 0 aromatic heterocycles. The number of hydrogen-bond donors (Lipinski definition) is 2. The van der Waals surface area contributed by atoms with Crippen LogP contribution in [0.4, 0.5) is 8.78 Å². The predicted molar refractivity (Wildman–Crippen MR) is 49.9 cm³/mol. The molecule has 1 rings (SSSR count). The number of aliphatic hydroxyl groups is 1. The highest BCUT2D eigenvalue weighted by atomic mass is 19.1. The SMILES string of the molecule is NC(CC(O)CF)c1ccccc1F. The molecule has 0 saturated carbocycles. The van der Waals surface area contributed by atoms with Crippen molar-refractivity contribution in [1.29, 1.82) is 0 Å². The van der Waals surface area contributed by atoms with Crippen molar-refractivity contribution < 1.29 is 13.9 Å². The van der Waals surface area contributed by atoms with Crippen LogP contribution in [-0.4, -0.2) is 17.9 Å². The standard InChI is InChI=1S/C10H13F2NO/c11-6-7(14)5-10(13)8-3-1-2-4-9(8)12/h1-4,7,10,14H,5-6,13H2. The summed E-state index contributed by atoms with van der Waals surface area (Å²) >= 11 is 0. The van der Waals surface area contributed by atoms with E-state index in [9.17, 15) is 8.78 Å². The molecule has 0 saturated heterocycles. The number of alkyl halides is 1. The van der Waals surface area contributed by atoms with Gasteiger partial charge in [-0.15, -0.1) is 0 Å². The summed E-state index contributed by atoms with van der Waals surface area (Å²) in [5, 5.41) is 9.00. The molecule has 1 aromatic rings. The summed E-state index contributed by atoms with van der Waals surface area (Å²) < 4.78 is 25.1. The third-order valence-electron chi connectivity index (χ3n) is 2.01. The minimum absolute atomic E-state index is 0.0252. The topological polar surface area (TPSA) is 46.2 Å². The van der Waals surface area contributed by atoms with E-state index < -0.39 is 24.6 Å². The maximum Gasteiger partial charge on any atom is 0.127 e. The highest BCUT2D eigenvalue weighted by molar-refractivity contribution is 5.20. The molecule has 0 fully saturated rings. The lowest BCUT2D eigenvalue weighted by Crippen LogP contribution is -2.21. The molecular formula is C10H13F2NO. The Morgan fingerprint density at radius 1 is 1.36 bits per heavy atom. The van der Waals surface area contributed by atoms with Gasteiger partial charge in [0.2, 0.25) is 0 Å². The van der Waals surface area contributed by atoms with Crippen molar-refractivity contribution in [3.8, 4) is 0 Å². The molecule has 78 valence electrons. The van der Waals surface area contributed by atoms with Crippen molar-refractivity contribution in [1.82, 2.24) is 0 Å². The lowest BCUT2D eigenvalue weighted by molar-refractivity contribution is 0.123. The zero-order valence-corrected chi connectivity index (χ0v) is 7.66. The molecule has 1 aromatic carbocycles. The Hall–Kier alpha value is -1.00. The van der Waals surface area contributed by atoms with Gasteiger partial charge in [0.25, 0.3) is 0 Å². The van der Waals surface area contributed by atoms with E-state index >= 15 is 0 Å². The zero-order valence-electron chi connectivity index (χ0n) is 7.66. The van der Waals surface area contributed by atoms with Gasteiger partial charge in [-0.25, -0.2) is 8.78 Å². The molecule has 14 heavy (non-hydrogen) atoms. The van der Waals surface area contributed by atoms with E-state index in [1.165, 1.54) is 12.1 Å². The molecule has 0 bridgehead atoms. The first kappa shape index (κ1) is 11.1. The molecule has 0 amide bonds. The number of aliphatic hydroxyl groups excluding tert-OH is 1. The molecule has 0 aliphatic heterocycles. The highest BCUT2D eigenvalue weighted by Crippen LogP contribution is 2.18. The van der Waals surface area contributed by atoms with Gasteiger partial charge in [-0.1, -0.05) is 18.2 Å².